The van der Waals surface area contributed by atoms with E-state index < -0.39 is 0 Å². The van der Waals surface area contributed by atoms with Crippen LogP contribution in [0.3, 0.4) is 0 Å². The van der Waals surface area contributed by atoms with Crippen molar-refractivity contribution in [1.82, 2.24) is 0 Å². The fourth-order valence-corrected chi connectivity index (χ4v) is 10.8. The molecule has 0 saturated carbocycles. The van der Waals surface area contributed by atoms with Gasteiger partial charge < -0.3 is 0 Å². The molecule has 0 saturated heterocycles. The third-order valence-corrected chi connectivity index (χ3v) is 14.6. The number of hydrogen-bond donors (Lipinski definition) is 0. The standard InChI is InChI=1S/C24H18BBr9/c1-4-10-7-13(26)16(22(32)19(10)29)25(17-14(27)8-11(5-2)20(30)23(17)33)18-15(28)9-12(6-3)21(31)24(18)34/h7-9H,4-6H2,1-3H3. The highest BCUT2D eigenvalue weighted by atomic mass is 79.9. The molecule has 0 bridgehead atoms. The van der Waals surface area contributed by atoms with Gasteiger partial charge in [0.05, 0.1) is 0 Å². The molecule has 0 N–H and O–H groups in total. The fraction of sp³-hybridized carbons (Fsp3) is 0.250. The number of benzene rings is 3. The maximum absolute atomic E-state index is 3.95. The molecular formula is C24H18BBr9. The van der Waals surface area contributed by atoms with Crippen molar-refractivity contribution in [2.45, 2.75) is 40.0 Å². The lowest BCUT2D eigenvalue weighted by atomic mass is 9.36. The molecular weight excluding hydrogens is 1020 g/mol. The normalized spacial score (nSPS) is 11.3. The van der Waals surface area contributed by atoms with Gasteiger partial charge in [-0.05, 0) is 118 Å². The first kappa shape index (κ1) is 30.6. The molecule has 3 aromatic carbocycles. The molecule has 10 heteroatoms. The molecule has 0 nitrogen and oxygen atoms in total. The van der Waals surface area contributed by atoms with E-state index >= 15 is 0 Å². The van der Waals surface area contributed by atoms with Crippen molar-refractivity contribution in [2.24, 2.45) is 0 Å². The molecule has 0 fully saturated rings. The summed E-state index contributed by atoms with van der Waals surface area (Å²) in [6, 6.07) is 6.64. The van der Waals surface area contributed by atoms with Gasteiger partial charge in [-0.3, -0.25) is 0 Å². The number of aryl methyl sites for hydroxylation is 3. The van der Waals surface area contributed by atoms with Crippen LogP contribution in [-0.2, 0) is 19.3 Å². The lowest BCUT2D eigenvalue weighted by Gasteiger charge is -2.26. The summed E-state index contributed by atoms with van der Waals surface area (Å²) in [5, 5.41) is 0. The summed E-state index contributed by atoms with van der Waals surface area (Å²) >= 11 is 35.2. The van der Waals surface area contributed by atoms with Crippen LogP contribution in [0, 0.1) is 0 Å². The van der Waals surface area contributed by atoms with E-state index in [1.54, 1.807) is 0 Å². The van der Waals surface area contributed by atoms with Crippen LogP contribution in [0.1, 0.15) is 37.5 Å². The Labute approximate surface area is 277 Å². The van der Waals surface area contributed by atoms with Crippen LogP contribution < -0.4 is 16.4 Å². The number of hydrogen-bond acceptors (Lipinski definition) is 0. The summed E-state index contributed by atoms with van der Waals surface area (Å²) in [4.78, 5) is 0. The molecule has 3 rings (SSSR count). The Hall–Kier alpha value is 2.04. The Morgan fingerprint density at radius 3 is 0.882 bits per heavy atom. The zero-order valence-corrected chi connectivity index (χ0v) is 32.6. The van der Waals surface area contributed by atoms with Crippen molar-refractivity contribution >= 4 is 166 Å². The summed E-state index contributed by atoms with van der Waals surface area (Å²) in [7, 11) is 0. The van der Waals surface area contributed by atoms with E-state index in [9.17, 15) is 0 Å². The zero-order chi connectivity index (χ0) is 25.5. The molecule has 0 aromatic heterocycles. The van der Waals surface area contributed by atoms with Gasteiger partial charge in [0.15, 0.2) is 0 Å². The van der Waals surface area contributed by atoms with Crippen LogP contribution in [0.5, 0.6) is 0 Å². The SMILES string of the molecule is CCc1cc(Br)c(B(c2c(Br)cc(CC)c(Br)c2Br)c2c(Br)cc(CC)c(Br)c2Br)c(Br)c1Br. The third-order valence-electron chi connectivity index (χ3n) is 5.82. The molecule has 0 aliphatic heterocycles. The molecule has 0 amide bonds. The predicted molar refractivity (Wildman–Crippen MR) is 181 cm³/mol. The van der Waals surface area contributed by atoms with E-state index in [2.05, 4.69) is 182 Å². The van der Waals surface area contributed by atoms with E-state index in [1.807, 2.05) is 0 Å². The first-order valence-electron chi connectivity index (χ1n) is 10.5. The smallest absolute Gasteiger partial charge is 0.0613 e. The van der Waals surface area contributed by atoms with Gasteiger partial charge in [-0.2, -0.15) is 0 Å². The lowest BCUT2D eigenvalue weighted by molar-refractivity contribution is 1.12. The van der Waals surface area contributed by atoms with Gasteiger partial charge >= 0.3 is 0 Å². The van der Waals surface area contributed by atoms with Gasteiger partial charge in [0.25, 0.3) is 0 Å². The second kappa shape index (κ2) is 12.9. The summed E-state index contributed by atoms with van der Waals surface area (Å²) in [6.45, 7) is 6.37. The van der Waals surface area contributed by atoms with Crippen molar-refractivity contribution in [2.75, 3.05) is 0 Å². The Kier molecular flexibility index (Phi) is 11.6. The zero-order valence-electron chi connectivity index (χ0n) is 18.3. The highest BCUT2D eigenvalue weighted by Gasteiger charge is 2.36. The van der Waals surface area contributed by atoms with Crippen LogP contribution in [-0.4, -0.2) is 6.71 Å². The number of halogens is 9. The molecule has 0 aliphatic rings. The minimum absolute atomic E-state index is 0.122. The Bertz CT molecular complexity index is 1120. The van der Waals surface area contributed by atoms with E-state index in [1.165, 1.54) is 16.7 Å². The van der Waals surface area contributed by atoms with Gasteiger partial charge in [0.1, 0.15) is 0 Å². The quantitative estimate of drug-likeness (QED) is 0.171. The molecule has 0 heterocycles. The highest BCUT2D eigenvalue weighted by Crippen LogP contribution is 2.36. The van der Waals surface area contributed by atoms with Crippen molar-refractivity contribution in [3.8, 4) is 0 Å². The average molecular weight is 1040 g/mol. The molecule has 0 radical (unpaired) electrons. The first-order chi connectivity index (χ1) is 16.0. The highest BCUT2D eigenvalue weighted by molar-refractivity contribution is 9.14. The Morgan fingerprint density at radius 1 is 0.441 bits per heavy atom. The van der Waals surface area contributed by atoms with Gasteiger partial charge in [-0.1, -0.05) is 116 Å². The summed E-state index contributed by atoms with van der Waals surface area (Å²) in [6.07, 6.45) is 2.78. The molecule has 34 heavy (non-hydrogen) atoms. The molecule has 0 unspecified atom stereocenters. The monoisotopic (exact) mass is 1030 g/mol. The van der Waals surface area contributed by atoms with E-state index in [4.69, 9.17) is 0 Å². The van der Waals surface area contributed by atoms with Gasteiger partial charge in [0, 0.05) is 40.3 Å². The molecule has 0 aliphatic carbocycles. The average Bonchev–Trinajstić information content (AvgIpc) is 2.80. The predicted octanol–water partition coefficient (Wildman–Crippen LogP) is 10.8. The van der Waals surface area contributed by atoms with Crippen LogP contribution in [0.15, 0.2) is 58.5 Å². The van der Waals surface area contributed by atoms with Crippen molar-refractivity contribution in [3.05, 3.63) is 75.1 Å². The van der Waals surface area contributed by atoms with Crippen LogP contribution in [0.25, 0.3) is 0 Å². The van der Waals surface area contributed by atoms with Crippen LogP contribution in [0.2, 0.25) is 0 Å². The fourth-order valence-electron chi connectivity index (χ4n) is 3.97. The lowest BCUT2D eigenvalue weighted by Crippen LogP contribution is -2.55. The van der Waals surface area contributed by atoms with E-state index in [-0.39, 0.29) is 6.71 Å². The van der Waals surface area contributed by atoms with Gasteiger partial charge in [-0.15, -0.1) is 0 Å². The summed E-state index contributed by atoms with van der Waals surface area (Å²) in [5.74, 6) is 0. The minimum Gasteiger partial charge on any atom is -0.0613 e. The topological polar surface area (TPSA) is 0 Å². The Morgan fingerprint density at radius 2 is 0.676 bits per heavy atom. The molecule has 0 atom stereocenters. The maximum Gasteiger partial charge on any atom is 0.250 e. The minimum atomic E-state index is -0.122. The van der Waals surface area contributed by atoms with Gasteiger partial charge in [-0.25, -0.2) is 0 Å². The van der Waals surface area contributed by atoms with Crippen LogP contribution >= 0.6 is 143 Å². The maximum atomic E-state index is 3.95. The largest absolute Gasteiger partial charge is 0.250 e. The first-order valence-corrected chi connectivity index (χ1v) is 17.6. The summed E-state index contributed by atoms with van der Waals surface area (Å²) in [5.41, 5.74) is 7.13. The van der Waals surface area contributed by atoms with Crippen molar-refractivity contribution in [1.29, 1.82) is 0 Å². The van der Waals surface area contributed by atoms with E-state index in [0.29, 0.717) is 0 Å². The van der Waals surface area contributed by atoms with E-state index in [0.717, 1.165) is 75.9 Å². The molecule has 3 aromatic rings. The van der Waals surface area contributed by atoms with Crippen LogP contribution in [0.4, 0.5) is 0 Å². The van der Waals surface area contributed by atoms with Crippen molar-refractivity contribution < 1.29 is 0 Å². The van der Waals surface area contributed by atoms with Crippen molar-refractivity contribution in [3.63, 3.8) is 0 Å². The number of rotatable bonds is 6. The second-order valence-corrected chi connectivity index (χ2v) is 15.0. The second-order valence-electron chi connectivity index (χ2n) is 7.67. The van der Waals surface area contributed by atoms with Gasteiger partial charge in [0.2, 0.25) is 6.71 Å². The molecule has 0 spiro atoms. The summed E-state index contributed by atoms with van der Waals surface area (Å²) < 4.78 is 9.48. The Balaban J connectivity index is 2.54. The molecule has 180 valence electrons. The third kappa shape index (κ3) is 5.80.